The van der Waals surface area contributed by atoms with Gasteiger partial charge in [0.25, 0.3) is 5.91 Å². The minimum atomic E-state index is -1.13. The highest BCUT2D eigenvalue weighted by molar-refractivity contribution is 6.47. The van der Waals surface area contributed by atoms with E-state index >= 15 is 0 Å². The number of nitrogens with one attached hydrogen (secondary N) is 2. The summed E-state index contributed by atoms with van der Waals surface area (Å²) in [5.41, 5.74) is 2.57. The monoisotopic (exact) mass is 386 g/mol. The van der Waals surface area contributed by atoms with Gasteiger partial charge in [-0.2, -0.15) is 0 Å². The Morgan fingerprint density at radius 3 is 2.34 bits per heavy atom. The number of ketones is 1. The van der Waals surface area contributed by atoms with E-state index in [0.29, 0.717) is 29.3 Å². The predicted octanol–water partition coefficient (Wildman–Crippen LogP) is 3.51. The Morgan fingerprint density at radius 2 is 1.59 bits per heavy atom. The Labute approximate surface area is 167 Å². The molecule has 0 saturated carbocycles. The van der Waals surface area contributed by atoms with E-state index in [-0.39, 0.29) is 0 Å². The molecule has 0 spiro atoms. The zero-order valence-electron chi connectivity index (χ0n) is 15.4. The molecule has 6 heteroatoms. The minimum Gasteiger partial charge on any atom is -0.489 e. The normalized spacial score (nSPS) is 14.6. The number of carbonyl (C=O) groups excluding carboxylic acids is 3. The van der Waals surface area contributed by atoms with Crippen LogP contribution in [0.2, 0.25) is 0 Å². The van der Waals surface area contributed by atoms with Crippen LogP contribution >= 0.6 is 0 Å². The van der Waals surface area contributed by atoms with Gasteiger partial charge < -0.3 is 15.4 Å². The SMILES string of the molecule is O=C(Nc1ccc(OCc2ccccc2)cc1)C(=O)C1C(=O)Nc2ccccc21. The summed E-state index contributed by atoms with van der Waals surface area (Å²) >= 11 is 0. The number of hydrogen-bond acceptors (Lipinski definition) is 4. The van der Waals surface area contributed by atoms with E-state index in [0.717, 1.165) is 5.56 Å². The third-order valence-corrected chi connectivity index (χ3v) is 4.64. The third kappa shape index (κ3) is 4.01. The second-order valence-corrected chi connectivity index (χ2v) is 6.63. The summed E-state index contributed by atoms with van der Waals surface area (Å²) in [7, 11) is 0. The second-order valence-electron chi connectivity index (χ2n) is 6.63. The van der Waals surface area contributed by atoms with Gasteiger partial charge in [-0.05, 0) is 41.5 Å². The molecule has 0 aromatic heterocycles. The Bertz CT molecular complexity index is 1060. The van der Waals surface area contributed by atoms with Gasteiger partial charge in [0.2, 0.25) is 11.7 Å². The molecule has 3 aromatic rings. The Morgan fingerprint density at radius 1 is 0.897 bits per heavy atom. The number of anilines is 2. The number of ether oxygens (including phenoxy) is 1. The molecular formula is C23H18N2O4. The molecule has 0 fully saturated rings. The van der Waals surface area contributed by atoms with Crippen LogP contribution < -0.4 is 15.4 Å². The fraction of sp³-hybridized carbons (Fsp3) is 0.0870. The first-order chi connectivity index (χ1) is 14.1. The van der Waals surface area contributed by atoms with Gasteiger partial charge in [-0.25, -0.2) is 0 Å². The average molecular weight is 386 g/mol. The summed E-state index contributed by atoms with van der Waals surface area (Å²) in [6.45, 7) is 0.432. The van der Waals surface area contributed by atoms with E-state index in [2.05, 4.69) is 10.6 Å². The van der Waals surface area contributed by atoms with Crippen LogP contribution in [0.3, 0.4) is 0 Å². The lowest BCUT2D eigenvalue weighted by molar-refractivity contribution is -0.138. The van der Waals surface area contributed by atoms with Gasteiger partial charge in [0.1, 0.15) is 18.3 Å². The van der Waals surface area contributed by atoms with Gasteiger partial charge in [-0.15, -0.1) is 0 Å². The first-order valence-corrected chi connectivity index (χ1v) is 9.13. The Hall–Kier alpha value is -3.93. The van der Waals surface area contributed by atoms with Crippen LogP contribution in [0.15, 0.2) is 78.9 Å². The fourth-order valence-corrected chi connectivity index (χ4v) is 3.17. The molecule has 0 radical (unpaired) electrons. The number of amides is 2. The van der Waals surface area contributed by atoms with Crippen molar-refractivity contribution in [2.24, 2.45) is 0 Å². The topological polar surface area (TPSA) is 84.5 Å². The maximum atomic E-state index is 12.6. The van der Waals surface area contributed by atoms with Crippen molar-refractivity contribution in [1.29, 1.82) is 0 Å². The van der Waals surface area contributed by atoms with Crippen molar-refractivity contribution >= 4 is 29.0 Å². The maximum Gasteiger partial charge on any atom is 0.292 e. The number of fused-ring (bicyclic) bond motifs is 1. The second kappa shape index (κ2) is 7.98. The molecule has 1 atom stereocenters. The molecule has 6 nitrogen and oxygen atoms in total. The van der Waals surface area contributed by atoms with Crippen molar-refractivity contribution in [1.82, 2.24) is 0 Å². The largest absolute Gasteiger partial charge is 0.489 e. The standard InChI is InChI=1S/C23H18N2O4/c26-21(20-18-8-4-5-9-19(18)25-22(20)27)23(28)24-16-10-12-17(13-11-16)29-14-15-6-2-1-3-7-15/h1-13,20H,14H2,(H,24,28)(H,25,27). The molecule has 29 heavy (non-hydrogen) atoms. The van der Waals surface area contributed by atoms with Crippen LogP contribution in [-0.4, -0.2) is 17.6 Å². The van der Waals surface area contributed by atoms with E-state index in [4.69, 9.17) is 4.74 Å². The van der Waals surface area contributed by atoms with Crippen LogP contribution in [0.25, 0.3) is 0 Å². The fourth-order valence-electron chi connectivity index (χ4n) is 3.17. The lowest BCUT2D eigenvalue weighted by Gasteiger charge is -2.10. The number of carbonyl (C=O) groups is 3. The molecule has 1 aliphatic heterocycles. The molecule has 144 valence electrons. The van der Waals surface area contributed by atoms with E-state index in [9.17, 15) is 14.4 Å². The molecule has 0 saturated heterocycles. The van der Waals surface area contributed by atoms with E-state index in [1.54, 1.807) is 48.5 Å². The first-order valence-electron chi connectivity index (χ1n) is 9.13. The van der Waals surface area contributed by atoms with E-state index in [1.807, 2.05) is 30.3 Å². The molecule has 3 aromatic carbocycles. The third-order valence-electron chi connectivity index (χ3n) is 4.64. The lowest BCUT2D eigenvalue weighted by Crippen LogP contribution is -2.31. The van der Waals surface area contributed by atoms with Crippen LogP contribution in [0.5, 0.6) is 5.75 Å². The maximum absolute atomic E-state index is 12.6. The molecule has 1 heterocycles. The van der Waals surface area contributed by atoms with Crippen molar-refractivity contribution in [2.45, 2.75) is 12.5 Å². The van der Waals surface area contributed by atoms with Gasteiger partial charge in [0.05, 0.1) is 0 Å². The minimum absolute atomic E-state index is 0.432. The van der Waals surface area contributed by atoms with Gasteiger partial charge >= 0.3 is 0 Å². The Kier molecular flexibility index (Phi) is 5.07. The van der Waals surface area contributed by atoms with Crippen molar-refractivity contribution < 1.29 is 19.1 Å². The molecule has 1 aliphatic rings. The molecule has 0 aliphatic carbocycles. The highest BCUT2D eigenvalue weighted by atomic mass is 16.5. The summed E-state index contributed by atoms with van der Waals surface area (Å²) in [6.07, 6.45) is 0. The predicted molar refractivity (Wildman–Crippen MR) is 109 cm³/mol. The van der Waals surface area contributed by atoms with Gasteiger partial charge in [0.15, 0.2) is 0 Å². The number of Topliss-reactive ketones (excluding diaryl/α,β-unsaturated/α-hetero) is 1. The molecular weight excluding hydrogens is 368 g/mol. The highest BCUT2D eigenvalue weighted by Gasteiger charge is 2.39. The number of para-hydroxylation sites is 1. The summed E-state index contributed by atoms with van der Waals surface area (Å²) < 4.78 is 5.70. The molecule has 4 rings (SSSR count). The quantitative estimate of drug-likeness (QED) is 0.502. The average Bonchev–Trinajstić information content (AvgIpc) is 3.09. The molecule has 1 unspecified atom stereocenters. The van der Waals surface area contributed by atoms with Crippen LogP contribution in [-0.2, 0) is 21.0 Å². The number of hydrogen-bond donors (Lipinski definition) is 2. The van der Waals surface area contributed by atoms with Gasteiger partial charge in [0, 0.05) is 11.4 Å². The van der Waals surface area contributed by atoms with Crippen molar-refractivity contribution in [3.8, 4) is 5.75 Å². The van der Waals surface area contributed by atoms with E-state index < -0.39 is 23.5 Å². The lowest BCUT2D eigenvalue weighted by atomic mass is 9.95. The smallest absolute Gasteiger partial charge is 0.292 e. The number of benzene rings is 3. The zero-order chi connectivity index (χ0) is 20.2. The number of rotatable bonds is 6. The summed E-state index contributed by atoms with van der Waals surface area (Å²) in [6, 6.07) is 23.3. The molecule has 0 bridgehead atoms. The van der Waals surface area contributed by atoms with Crippen molar-refractivity contribution in [2.75, 3.05) is 10.6 Å². The van der Waals surface area contributed by atoms with Crippen molar-refractivity contribution in [3.05, 3.63) is 90.0 Å². The van der Waals surface area contributed by atoms with E-state index in [1.165, 1.54) is 0 Å². The highest BCUT2D eigenvalue weighted by Crippen LogP contribution is 2.33. The van der Waals surface area contributed by atoms with Crippen LogP contribution in [0, 0.1) is 0 Å². The summed E-state index contributed by atoms with van der Waals surface area (Å²) in [4.78, 5) is 37.1. The first kappa shape index (κ1) is 18.4. The van der Waals surface area contributed by atoms with Crippen LogP contribution in [0.4, 0.5) is 11.4 Å². The molecule has 2 N–H and O–H groups in total. The molecule has 2 amide bonds. The van der Waals surface area contributed by atoms with Crippen molar-refractivity contribution in [3.63, 3.8) is 0 Å². The van der Waals surface area contributed by atoms with Gasteiger partial charge in [-0.1, -0.05) is 48.5 Å². The zero-order valence-corrected chi connectivity index (χ0v) is 15.4. The van der Waals surface area contributed by atoms with Crippen LogP contribution in [0.1, 0.15) is 17.0 Å². The summed E-state index contributed by atoms with van der Waals surface area (Å²) in [5.74, 6) is -2.60. The van der Waals surface area contributed by atoms with Gasteiger partial charge in [-0.3, -0.25) is 14.4 Å². The Balaban J connectivity index is 1.38. The summed E-state index contributed by atoms with van der Waals surface area (Å²) in [5, 5.41) is 5.17.